The number of aromatic nitrogens is 2. The van der Waals surface area contributed by atoms with Gasteiger partial charge in [-0.3, -0.25) is 9.89 Å². The predicted octanol–water partition coefficient (Wildman–Crippen LogP) is 2.79. The fourth-order valence-corrected chi connectivity index (χ4v) is 1.79. The summed E-state index contributed by atoms with van der Waals surface area (Å²) >= 11 is 0. The molecule has 0 unspecified atom stereocenters. The SMILES string of the molecule is CCCNc1ccc(C(=O)Nc2cn[nH]c2)cc1C. The number of carbonyl (C=O) groups is 1. The van der Waals surface area contributed by atoms with Crippen LogP contribution in [0.15, 0.2) is 30.6 Å². The molecule has 100 valence electrons. The summed E-state index contributed by atoms with van der Waals surface area (Å²) in [4.78, 5) is 12.0. The Morgan fingerprint density at radius 1 is 1.42 bits per heavy atom. The third-order valence-corrected chi connectivity index (χ3v) is 2.81. The summed E-state index contributed by atoms with van der Waals surface area (Å²) in [6.45, 7) is 5.04. The van der Waals surface area contributed by atoms with Crippen LogP contribution in [0.4, 0.5) is 11.4 Å². The smallest absolute Gasteiger partial charge is 0.255 e. The Balaban J connectivity index is 2.08. The zero-order valence-electron chi connectivity index (χ0n) is 11.2. The van der Waals surface area contributed by atoms with Crippen LogP contribution >= 0.6 is 0 Å². The van der Waals surface area contributed by atoms with Crippen LogP contribution in [0.2, 0.25) is 0 Å². The molecule has 1 aromatic heterocycles. The average molecular weight is 258 g/mol. The monoisotopic (exact) mass is 258 g/mol. The fourth-order valence-electron chi connectivity index (χ4n) is 1.79. The first-order valence-corrected chi connectivity index (χ1v) is 6.35. The number of nitrogens with one attached hydrogen (secondary N) is 3. The number of H-pyrrole nitrogens is 1. The molecule has 5 nitrogen and oxygen atoms in total. The molecule has 0 saturated carbocycles. The first-order chi connectivity index (χ1) is 9.20. The number of nitrogens with zero attached hydrogens (tertiary/aromatic N) is 1. The number of amides is 1. The Morgan fingerprint density at radius 3 is 2.89 bits per heavy atom. The Hall–Kier alpha value is -2.30. The van der Waals surface area contributed by atoms with Crippen LogP contribution in [0.5, 0.6) is 0 Å². The van der Waals surface area contributed by atoms with E-state index in [2.05, 4.69) is 27.8 Å². The zero-order valence-corrected chi connectivity index (χ0v) is 11.2. The van der Waals surface area contributed by atoms with Crippen LogP contribution in [0, 0.1) is 6.92 Å². The molecule has 0 bridgehead atoms. The summed E-state index contributed by atoms with van der Waals surface area (Å²) < 4.78 is 0. The van der Waals surface area contributed by atoms with Crippen molar-refractivity contribution in [1.29, 1.82) is 0 Å². The van der Waals surface area contributed by atoms with E-state index in [0.717, 1.165) is 24.2 Å². The normalized spacial score (nSPS) is 10.2. The lowest BCUT2D eigenvalue weighted by atomic mass is 10.1. The maximum absolute atomic E-state index is 12.0. The van der Waals surface area contributed by atoms with Gasteiger partial charge in [0.25, 0.3) is 5.91 Å². The van der Waals surface area contributed by atoms with Gasteiger partial charge in [-0.25, -0.2) is 0 Å². The molecule has 2 rings (SSSR count). The molecular weight excluding hydrogens is 240 g/mol. The standard InChI is InChI=1S/C14H18N4O/c1-3-6-15-13-5-4-11(7-10(13)2)14(19)18-12-8-16-17-9-12/h4-5,7-9,15H,3,6H2,1-2H3,(H,16,17)(H,18,19). The van der Waals surface area contributed by atoms with E-state index in [4.69, 9.17) is 0 Å². The number of carbonyl (C=O) groups excluding carboxylic acids is 1. The van der Waals surface area contributed by atoms with Gasteiger partial charge in [-0.1, -0.05) is 6.92 Å². The number of anilines is 2. The highest BCUT2D eigenvalue weighted by atomic mass is 16.1. The van der Waals surface area contributed by atoms with Crippen LogP contribution in [-0.2, 0) is 0 Å². The van der Waals surface area contributed by atoms with Gasteiger partial charge in [0.05, 0.1) is 11.9 Å². The van der Waals surface area contributed by atoms with Crippen molar-refractivity contribution in [3.05, 3.63) is 41.7 Å². The summed E-state index contributed by atoms with van der Waals surface area (Å²) in [5.74, 6) is -0.133. The minimum atomic E-state index is -0.133. The van der Waals surface area contributed by atoms with E-state index in [1.54, 1.807) is 12.4 Å². The Kier molecular flexibility index (Phi) is 4.18. The molecule has 1 aromatic carbocycles. The van der Waals surface area contributed by atoms with E-state index >= 15 is 0 Å². The van der Waals surface area contributed by atoms with Gasteiger partial charge in [-0.15, -0.1) is 0 Å². The molecule has 0 aliphatic heterocycles. The zero-order chi connectivity index (χ0) is 13.7. The molecule has 1 amide bonds. The van der Waals surface area contributed by atoms with Crippen molar-refractivity contribution < 1.29 is 4.79 Å². The van der Waals surface area contributed by atoms with Crippen LogP contribution in [0.25, 0.3) is 0 Å². The highest BCUT2D eigenvalue weighted by molar-refractivity contribution is 6.04. The molecule has 0 fully saturated rings. The molecule has 0 aliphatic carbocycles. The van der Waals surface area contributed by atoms with Crippen LogP contribution < -0.4 is 10.6 Å². The number of hydrogen-bond acceptors (Lipinski definition) is 3. The lowest BCUT2D eigenvalue weighted by molar-refractivity contribution is 0.102. The quantitative estimate of drug-likeness (QED) is 0.772. The average Bonchev–Trinajstić information content (AvgIpc) is 2.90. The first kappa shape index (κ1) is 13.1. The number of benzene rings is 1. The molecule has 0 atom stereocenters. The van der Waals surface area contributed by atoms with E-state index in [1.807, 2.05) is 25.1 Å². The van der Waals surface area contributed by atoms with Gasteiger partial charge >= 0.3 is 0 Å². The van der Waals surface area contributed by atoms with E-state index in [0.29, 0.717) is 11.3 Å². The Bertz CT molecular complexity index is 549. The molecule has 0 spiro atoms. The second-order valence-corrected chi connectivity index (χ2v) is 4.40. The Morgan fingerprint density at radius 2 is 2.26 bits per heavy atom. The number of aromatic amines is 1. The minimum absolute atomic E-state index is 0.133. The number of rotatable bonds is 5. The molecule has 1 heterocycles. The lowest BCUT2D eigenvalue weighted by Gasteiger charge is -2.10. The third-order valence-electron chi connectivity index (χ3n) is 2.81. The van der Waals surface area contributed by atoms with Gasteiger partial charge in [-0.2, -0.15) is 5.10 Å². The van der Waals surface area contributed by atoms with Crippen molar-refractivity contribution in [2.75, 3.05) is 17.2 Å². The molecule has 5 heteroatoms. The summed E-state index contributed by atoms with van der Waals surface area (Å²) in [6, 6.07) is 5.64. The van der Waals surface area contributed by atoms with E-state index in [1.165, 1.54) is 0 Å². The van der Waals surface area contributed by atoms with Gasteiger partial charge < -0.3 is 10.6 Å². The second kappa shape index (κ2) is 6.04. The third kappa shape index (κ3) is 3.34. The van der Waals surface area contributed by atoms with E-state index < -0.39 is 0 Å². The van der Waals surface area contributed by atoms with Crippen LogP contribution in [0.1, 0.15) is 29.3 Å². The molecule has 0 aliphatic rings. The highest BCUT2D eigenvalue weighted by Crippen LogP contribution is 2.17. The predicted molar refractivity (Wildman–Crippen MR) is 76.5 cm³/mol. The van der Waals surface area contributed by atoms with E-state index in [-0.39, 0.29) is 5.91 Å². The van der Waals surface area contributed by atoms with Crippen LogP contribution in [-0.4, -0.2) is 22.6 Å². The summed E-state index contributed by atoms with van der Waals surface area (Å²) in [5, 5.41) is 12.5. The van der Waals surface area contributed by atoms with Crippen LogP contribution in [0.3, 0.4) is 0 Å². The fraction of sp³-hybridized carbons (Fsp3) is 0.286. The highest BCUT2D eigenvalue weighted by Gasteiger charge is 2.08. The first-order valence-electron chi connectivity index (χ1n) is 6.35. The Labute approximate surface area is 112 Å². The topological polar surface area (TPSA) is 69.8 Å². The molecule has 0 radical (unpaired) electrons. The molecule has 3 N–H and O–H groups in total. The maximum Gasteiger partial charge on any atom is 0.255 e. The molecule has 2 aromatic rings. The molecule has 0 saturated heterocycles. The lowest BCUT2D eigenvalue weighted by Crippen LogP contribution is -2.12. The number of hydrogen-bond donors (Lipinski definition) is 3. The van der Waals surface area contributed by atoms with Crippen molar-refractivity contribution in [1.82, 2.24) is 10.2 Å². The van der Waals surface area contributed by atoms with Gasteiger partial charge in [0.1, 0.15) is 0 Å². The second-order valence-electron chi connectivity index (χ2n) is 4.40. The van der Waals surface area contributed by atoms with Crippen molar-refractivity contribution in [3.63, 3.8) is 0 Å². The largest absolute Gasteiger partial charge is 0.385 e. The van der Waals surface area contributed by atoms with Gasteiger partial charge in [-0.05, 0) is 37.1 Å². The molecule has 19 heavy (non-hydrogen) atoms. The maximum atomic E-state index is 12.0. The minimum Gasteiger partial charge on any atom is -0.385 e. The summed E-state index contributed by atoms with van der Waals surface area (Å²) in [5.41, 5.74) is 3.44. The summed E-state index contributed by atoms with van der Waals surface area (Å²) in [6.07, 6.45) is 4.28. The van der Waals surface area contributed by atoms with Crippen molar-refractivity contribution in [2.24, 2.45) is 0 Å². The van der Waals surface area contributed by atoms with Gasteiger partial charge in [0.15, 0.2) is 0 Å². The van der Waals surface area contributed by atoms with Crippen molar-refractivity contribution in [2.45, 2.75) is 20.3 Å². The molecular formula is C14H18N4O. The summed E-state index contributed by atoms with van der Waals surface area (Å²) in [7, 11) is 0. The number of aryl methyl sites for hydroxylation is 1. The van der Waals surface area contributed by atoms with Gasteiger partial charge in [0, 0.05) is 24.0 Å². The van der Waals surface area contributed by atoms with Crippen molar-refractivity contribution >= 4 is 17.3 Å². The van der Waals surface area contributed by atoms with Crippen molar-refractivity contribution in [3.8, 4) is 0 Å². The van der Waals surface area contributed by atoms with Gasteiger partial charge in [0.2, 0.25) is 0 Å². The van der Waals surface area contributed by atoms with E-state index in [9.17, 15) is 4.79 Å².